The number of amides is 3. The van der Waals surface area contributed by atoms with Gasteiger partial charge in [0.2, 0.25) is 11.8 Å². The normalized spacial score (nSPS) is 15.7. The van der Waals surface area contributed by atoms with Crippen LogP contribution < -0.4 is 15.6 Å². The number of benzene rings is 2. The lowest BCUT2D eigenvalue weighted by Gasteiger charge is -2.18. The van der Waals surface area contributed by atoms with E-state index in [2.05, 4.69) is 10.7 Å². The van der Waals surface area contributed by atoms with Crippen LogP contribution in [-0.2, 0) is 9.59 Å². The van der Waals surface area contributed by atoms with Crippen molar-refractivity contribution in [2.24, 2.45) is 5.92 Å². The predicted molar refractivity (Wildman–Crippen MR) is 125 cm³/mol. The minimum Gasteiger partial charge on any atom is -0.326 e. The molecule has 3 aromatic rings. The summed E-state index contributed by atoms with van der Waals surface area (Å²) >= 11 is 6.20. The third-order valence-electron chi connectivity index (χ3n) is 5.54. The predicted octanol–water partition coefficient (Wildman–Crippen LogP) is 4.13. The Morgan fingerprint density at radius 1 is 0.969 bits per heavy atom. The highest BCUT2D eigenvalue weighted by Crippen LogP contribution is 2.31. The van der Waals surface area contributed by atoms with Crippen LogP contribution in [0.5, 0.6) is 0 Å². The molecule has 0 radical (unpaired) electrons. The van der Waals surface area contributed by atoms with Gasteiger partial charge in [-0.25, -0.2) is 0 Å². The van der Waals surface area contributed by atoms with E-state index in [9.17, 15) is 14.4 Å². The Kier molecular flexibility index (Phi) is 6.01. The van der Waals surface area contributed by atoms with Crippen molar-refractivity contribution in [1.29, 1.82) is 0 Å². The minimum atomic E-state index is -0.485. The van der Waals surface area contributed by atoms with Crippen LogP contribution in [0.4, 0.5) is 11.4 Å². The van der Waals surface area contributed by atoms with Gasteiger partial charge in [-0.1, -0.05) is 23.7 Å². The summed E-state index contributed by atoms with van der Waals surface area (Å²) in [4.78, 5) is 39.2. The topological polar surface area (TPSA) is 83.4 Å². The summed E-state index contributed by atoms with van der Waals surface area (Å²) in [7, 11) is 0. The Morgan fingerprint density at radius 3 is 2.28 bits per heavy atom. The molecule has 2 aromatic carbocycles. The molecule has 2 heterocycles. The molecule has 0 bridgehead atoms. The molecule has 0 saturated carbocycles. The van der Waals surface area contributed by atoms with Crippen molar-refractivity contribution in [3.05, 3.63) is 82.6 Å². The van der Waals surface area contributed by atoms with Gasteiger partial charge < -0.3 is 10.2 Å². The van der Waals surface area contributed by atoms with Gasteiger partial charge in [0.15, 0.2) is 0 Å². The molecular weight excluding hydrogens is 428 g/mol. The van der Waals surface area contributed by atoms with Crippen molar-refractivity contribution in [2.75, 3.05) is 22.2 Å². The zero-order chi connectivity index (χ0) is 22.8. The van der Waals surface area contributed by atoms with E-state index in [-0.39, 0.29) is 30.7 Å². The second kappa shape index (κ2) is 8.88. The molecule has 1 aliphatic heterocycles. The third-order valence-corrected chi connectivity index (χ3v) is 5.86. The Balaban J connectivity index is 1.38. The second-order valence-corrected chi connectivity index (χ2v) is 8.22. The first kappa shape index (κ1) is 21.6. The van der Waals surface area contributed by atoms with Crippen molar-refractivity contribution in [2.45, 2.75) is 20.3 Å². The number of hydrogen-bond acceptors (Lipinski definition) is 3. The van der Waals surface area contributed by atoms with Gasteiger partial charge in [-0.15, -0.1) is 0 Å². The van der Waals surface area contributed by atoms with Crippen LogP contribution in [0.3, 0.4) is 0 Å². The first-order chi connectivity index (χ1) is 15.3. The molecule has 0 unspecified atom stereocenters. The second-order valence-electron chi connectivity index (χ2n) is 7.82. The number of nitrogens with zero attached hydrogens (tertiary/aromatic N) is 2. The lowest BCUT2D eigenvalue weighted by molar-refractivity contribution is -0.122. The molecule has 8 heteroatoms. The van der Waals surface area contributed by atoms with Crippen molar-refractivity contribution in [3.8, 4) is 0 Å². The van der Waals surface area contributed by atoms with E-state index < -0.39 is 5.92 Å². The Morgan fingerprint density at radius 2 is 1.62 bits per heavy atom. The quantitative estimate of drug-likeness (QED) is 0.613. The fraction of sp³-hybridized carbons (Fsp3) is 0.208. The molecule has 1 aliphatic rings. The number of hydrogen-bond donors (Lipinski definition) is 2. The molecule has 164 valence electrons. The first-order valence-corrected chi connectivity index (χ1v) is 10.6. The molecule has 32 heavy (non-hydrogen) atoms. The maximum absolute atomic E-state index is 12.7. The smallest absolute Gasteiger partial charge is 0.270 e. The largest absolute Gasteiger partial charge is 0.326 e. The molecule has 4 rings (SSSR count). The van der Waals surface area contributed by atoms with Gasteiger partial charge >= 0.3 is 0 Å². The van der Waals surface area contributed by atoms with Crippen LogP contribution >= 0.6 is 11.6 Å². The fourth-order valence-corrected chi connectivity index (χ4v) is 3.98. The maximum atomic E-state index is 12.7. The van der Waals surface area contributed by atoms with Crippen molar-refractivity contribution in [3.63, 3.8) is 0 Å². The summed E-state index contributed by atoms with van der Waals surface area (Å²) in [5.41, 5.74) is 6.34. The SMILES string of the molecule is Cc1ccc(C)n1NC(=O)c1ccc(NC(=O)[C@@H]2CC(=O)N(c3ccccc3Cl)C2)cc1. The van der Waals surface area contributed by atoms with Gasteiger partial charge in [-0.05, 0) is 62.4 Å². The molecule has 2 N–H and O–H groups in total. The van der Waals surface area contributed by atoms with E-state index in [1.807, 2.05) is 26.0 Å². The number of para-hydroxylation sites is 1. The van der Waals surface area contributed by atoms with Gasteiger partial charge in [-0.3, -0.25) is 24.5 Å². The van der Waals surface area contributed by atoms with Crippen LogP contribution in [0.15, 0.2) is 60.7 Å². The molecule has 1 fully saturated rings. The van der Waals surface area contributed by atoms with E-state index in [1.165, 1.54) is 0 Å². The van der Waals surface area contributed by atoms with E-state index in [1.54, 1.807) is 58.1 Å². The van der Waals surface area contributed by atoms with Crippen molar-refractivity contribution < 1.29 is 14.4 Å². The number of aryl methyl sites for hydroxylation is 2. The Bertz CT molecular complexity index is 1170. The number of nitrogens with one attached hydrogen (secondary N) is 2. The molecule has 0 spiro atoms. The molecule has 7 nitrogen and oxygen atoms in total. The Hall–Kier alpha value is -3.58. The zero-order valence-electron chi connectivity index (χ0n) is 17.8. The number of carbonyl (C=O) groups is 3. The van der Waals surface area contributed by atoms with Crippen molar-refractivity contribution in [1.82, 2.24) is 4.68 Å². The summed E-state index contributed by atoms with van der Waals surface area (Å²) in [6.07, 6.45) is 0.118. The van der Waals surface area contributed by atoms with Crippen LogP contribution in [0.1, 0.15) is 28.2 Å². The van der Waals surface area contributed by atoms with Gasteiger partial charge in [0.1, 0.15) is 0 Å². The average Bonchev–Trinajstić information content (AvgIpc) is 3.31. The molecule has 3 amide bonds. The van der Waals surface area contributed by atoms with E-state index >= 15 is 0 Å². The highest BCUT2D eigenvalue weighted by molar-refractivity contribution is 6.33. The van der Waals surface area contributed by atoms with Gasteiger partial charge in [0, 0.05) is 35.6 Å². The summed E-state index contributed by atoms with van der Waals surface area (Å²) in [5, 5.41) is 3.31. The Labute approximate surface area is 190 Å². The van der Waals surface area contributed by atoms with Crippen LogP contribution in [0.25, 0.3) is 0 Å². The standard InChI is InChI=1S/C24H23ClN4O3/c1-15-7-8-16(2)29(15)27-24(32)17-9-11-19(12-10-17)26-23(31)18-13-22(30)28(14-18)21-6-4-3-5-20(21)25/h3-12,18H,13-14H2,1-2H3,(H,26,31)(H,27,32)/t18-/m1/s1. The van der Waals surface area contributed by atoms with E-state index in [0.717, 1.165) is 11.4 Å². The minimum absolute atomic E-state index is 0.118. The summed E-state index contributed by atoms with van der Waals surface area (Å²) < 4.78 is 1.72. The number of halogens is 1. The van der Waals surface area contributed by atoms with Gasteiger partial charge in [-0.2, -0.15) is 0 Å². The van der Waals surface area contributed by atoms with Crippen LogP contribution in [-0.4, -0.2) is 28.9 Å². The lowest BCUT2D eigenvalue weighted by atomic mass is 10.1. The number of aromatic nitrogens is 1. The molecule has 1 aromatic heterocycles. The highest BCUT2D eigenvalue weighted by Gasteiger charge is 2.35. The van der Waals surface area contributed by atoms with Gasteiger partial charge in [0.25, 0.3) is 5.91 Å². The number of anilines is 2. The van der Waals surface area contributed by atoms with Gasteiger partial charge in [0.05, 0.1) is 16.6 Å². The van der Waals surface area contributed by atoms with Crippen molar-refractivity contribution >= 4 is 40.7 Å². The number of carbonyl (C=O) groups excluding carboxylic acids is 3. The molecular formula is C24H23ClN4O3. The van der Waals surface area contributed by atoms with Crippen LogP contribution in [0.2, 0.25) is 5.02 Å². The summed E-state index contributed by atoms with van der Waals surface area (Å²) in [5.74, 6) is -1.12. The molecule has 0 aliphatic carbocycles. The van der Waals surface area contributed by atoms with E-state index in [4.69, 9.17) is 11.6 Å². The first-order valence-electron chi connectivity index (χ1n) is 10.3. The molecule has 1 atom stereocenters. The average molecular weight is 451 g/mol. The third kappa shape index (κ3) is 4.38. The number of rotatable bonds is 5. The van der Waals surface area contributed by atoms with Crippen LogP contribution in [0, 0.1) is 19.8 Å². The lowest BCUT2D eigenvalue weighted by Crippen LogP contribution is -2.28. The zero-order valence-corrected chi connectivity index (χ0v) is 18.5. The monoisotopic (exact) mass is 450 g/mol. The fourth-order valence-electron chi connectivity index (χ4n) is 3.75. The summed E-state index contributed by atoms with van der Waals surface area (Å²) in [6.45, 7) is 4.09. The summed E-state index contributed by atoms with van der Waals surface area (Å²) in [6, 6.07) is 17.6. The molecule has 1 saturated heterocycles. The maximum Gasteiger partial charge on any atom is 0.270 e. The van der Waals surface area contributed by atoms with E-state index in [0.29, 0.717) is 22.0 Å². The highest BCUT2D eigenvalue weighted by atomic mass is 35.5.